The van der Waals surface area contributed by atoms with Crippen molar-refractivity contribution in [3.05, 3.63) is 0 Å². The number of methoxy groups -OCH3 is 1. The normalized spacial score (nSPS) is 55.4. The summed E-state index contributed by atoms with van der Waals surface area (Å²) < 4.78 is 86.9. The van der Waals surface area contributed by atoms with Crippen LogP contribution in [-0.4, -0.2) is 324 Å². The Kier molecular flexibility index (Phi) is 23.1. The molecule has 0 bridgehead atoms. The maximum Gasteiger partial charge on any atom is 0.187 e. The second-order valence-electron chi connectivity index (χ2n) is 29.1. The van der Waals surface area contributed by atoms with Gasteiger partial charge in [0, 0.05) is 19.4 Å². The summed E-state index contributed by atoms with van der Waals surface area (Å²) >= 11 is 0. The molecule has 4 aliphatic carbocycles. The molecule has 0 aromatic carbocycles. The molecule has 4 saturated carbocycles. The van der Waals surface area contributed by atoms with Gasteiger partial charge in [-0.05, 0) is 111 Å². The average Bonchev–Trinajstić information content (AvgIpc) is 1.56. The first-order valence-electron chi connectivity index (χ1n) is 33.5. The number of aliphatic hydroxyl groups is 17. The molecule has 538 valence electrons. The molecule has 40 atom stereocenters. The highest BCUT2D eigenvalue weighted by Gasteiger charge is 2.69. The van der Waals surface area contributed by atoms with Crippen molar-refractivity contribution >= 4 is 0 Å². The molecule has 0 unspecified atom stereocenters. The molecular formula is C62H104O31. The van der Waals surface area contributed by atoms with Gasteiger partial charge in [-0.3, -0.25) is 0 Å². The largest absolute Gasteiger partial charge is 0.394 e. The van der Waals surface area contributed by atoms with E-state index in [1.165, 1.54) is 6.92 Å². The number of hydrogen-bond donors (Lipinski definition) is 17. The first-order valence-corrected chi connectivity index (χ1v) is 33.5. The van der Waals surface area contributed by atoms with Gasteiger partial charge in [-0.25, -0.2) is 0 Å². The molecule has 11 fully saturated rings. The van der Waals surface area contributed by atoms with Crippen molar-refractivity contribution < 1.29 is 153 Å². The minimum atomic E-state index is -1.99. The molecule has 31 nitrogen and oxygen atoms in total. The predicted molar refractivity (Wildman–Crippen MR) is 308 cm³/mol. The lowest BCUT2D eigenvalue weighted by molar-refractivity contribution is -0.412. The highest BCUT2D eigenvalue weighted by Crippen LogP contribution is 2.71. The Morgan fingerprint density at radius 3 is 1.58 bits per heavy atom. The van der Waals surface area contributed by atoms with Crippen molar-refractivity contribution in [2.45, 2.75) is 289 Å². The summed E-state index contributed by atoms with van der Waals surface area (Å²) in [5.74, 6) is 0.751. The molecule has 93 heavy (non-hydrogen) atoms. The fraction of sp³-hybridized carbons (Fsp3) is 1.00. The summed E-state index contributed by atoms with van der Waals surface area (Å²) in [6, 6.07) is 0. The lowest BCUT2D eigenvalue weighted by atomic mass is 9.44. The minimum Gasteiger partial charge on any atom is -0.394 e. The lowest BCUT2D eigenvalue weighted by Gasteiger charge is -2.61. The second-order valence-corrected chi connectivity index (χ2v) is 29.1. The number of rotatable bonds is 20. The Balaban J connectivity index is 0.799. The van der Waals surface area contributed by atoms with Gasteiger partial charge in [-0.2, -0.15) is 0 Å². The van der Waals surface area contributed by atoms with E-state index in [-0.39, 0.29) is 47.2 Å². The van der Waals surface area contributed by atoms with Crippen LogP contribution in [0.1, 0.15) is 98.8 Å². The zero-order valence-corrected chi connectivity index (χ0v) is 53.5. The Hall–Kier alpha value is -1.24. The zero-order valence-electron chi connectivity index (χ0n) is 53.5. The van der Waals surface area contributed by atoms with Crippen LogP contribution in [0, 0.1) is 52.3 Å². The third kappa shape index (κ3) is 13.7. The summed E-state index contributed by atoms with van der Waals surface area (Å²) in [4.78, 5) is 0. The van der Waals surface area contributed by atoms with Crippen LogP contribution < -0.4 is 0 Å². The smallest absolute Gasteiger partial charge is 0.187 e. The molecule has 0 aromatic heterocycles. The number of fused-ring (bicyclic) bond motifs is 7. The standard InChI is InChI=1S/C62H104O31/c1-23(20-81-54-48(78)45(75)41(71)34(17-63)86-54)9-14-62(80-6)24(2)37-33(93-62)16-30-28-8-7-26-15-27(10-12-60(26,4)29(28)11-13-61(30,37)5)85-58-52(92-57-49(79)44(74)38(68)25(3)84-57)51(43(73)35(18-64)87-58)90-59-53(91-56-47(77)40(70)32(67)22-83-56)50(42(72)36(19-65)88-59)89-55-46(76)39(69)31(66)21-82-55/h23-59,63-79H,7-22H2,1-6H3/t23-,24+,25+,26+,27+,28+,29+,30+,31-,32-,33+,34-,35-,36-,37+,38+,39+,40+,41-,42-,43-,44-,45+,46-,47-,48-,49-,50+,51+,52-,53-,54-,55+,56+,57+,58-,59+,60+,61+,62-/m1/s1. The summed E-state index contributed by atoms with van der Waals surface area (Å²) in [6.07, 6.45) is -39.9. The van der Waals surface area contributed by atoms with Crippen molar-refractivity contribution in [2.75, 3.05) is 46.8 Å². The Morgan fingerprint density at radius 1 is 0.484 bits per heavy atom. The molecular weight excluding hydrogens is 1240 g/mol. The third-order valence-corrected chi connectivity index (χ3v) is 23.8. The van der Waals surface area contributed by atoms with E-state index in [2.05, 4.69) is 20.8 Å². The van der Waals surface area contributed by atoms with Gasteiger partial charge in [0.1, 0.15) is 128 Å². The first kappa shape index (κ1) is 73.0. The van der Waals surface area contributed by atoms with Gasteiger partial charge in [-0.1, -0.05) is 27.7 Å². The van der Waals surface area contributed by atoms with E-state index in [4.69, 9.17) is 66.3 Å². The second kappa shape index (κ2) is 29.4. The summed E-state index contributed by atoms with van der Waals surface area (Å²) in [6.45, 7) is 7.23. The maximum atomic E-state index is 12.3. The van der Waals surface area contributed by atoms with Gasteiger partial charge in [0.25, 0.3) is 0 Å². The Morgan fingerprint density at radius 2 is 0.989 bits per heavy atom. The van der Waals surface area contributed by atoms with Gasteiger partial charge in [0.2, 0.25) is 0 Å². The fourth-order valence-corrected chi connectivity index (χ4v) is 18.3. The van der Waals surface area contributed by atoms with Crippen LogP contribution in [0.3, 0.4) is 0 Å². The molecule has 0 radical (unpaired) electrons. The number of aliphatic hydroxyl groups excluding tert-OH is 17. The predicted octanol–water partition coefficient (Wildman–Crippen LogP) is -5.35. The van der Waals surface area contributed by atoms with E-state index in [0.29, 0.717) is 43.4 Å². The number of hydrogen-bond acceptors (Lipinski definition) is 31. The van der Waals surface area contributed by atoms with Crippen LogP contribution >= 0.6 is 0 Å². The molecule has 0 aromatic rings. The van der Waals surface area contributed by atoms with Crippen molar-refractivity contribution in [2.24, 2.45) is 52.3 Å². The quantitative estimate of drug-likeness (QED) is 0.0506. The molecule has 31 heteroatoms. The zero-order chi connectivity index (χ0) is 67.1. The van der Waals surface area contributed by atoms with Crippen LogP contribution in [-0.2, 0) is 66.3 Å². The lowest BCUT2D eigenvalue weighted by Crippen LogP contribution is -2.69. The van der Waals surface area contributed by atoms with Gasteiger partial charge in [-0.15, -0.1) is 0 Å². The minimum absolute atomic E-state index is 0.0280. The average molecular weight is 1350 g/mol. The first-order chi connectivity index (χ1) is 44.1. The van der Waals surface area contributed by atoms with Crippen LogP contribution in [0.4, 0.5) is 0 Å². The van der Waals surface area contributed by atoms with Gasteiger partial charge in [0.15, 0.2) is 43.5 Å². The van der Waals surface area contributed by atoms with Crippen LogP contribution in [0.15, 0.2) is 0 Å². The van der Waals surface area contributed by atoms with Crippen molar-refractivity contribution in [3.8, 4) is 0 Å². The highest BCUT2D eigenvalue weighted by molar-refractivity contribution is 5.15. The molecule has 0 spiro atoms. The summed E-state index contributed by atoms with van der Waals surface area (Å²) in [5.41, 5.74) is -0.141. The van der Waals surface area contributed by atoms with E-state index >= 15 is 0 Å². The van der Waals surface area contributed by atoms with E-state index in [1.807, 2.05) is 6.92 Å². The molecule has 7 heterocycles. The van der Waals surface area contributed by atoms with Crippen molar-refractivity contribution in [1.82, 2.24) is 0 Å². The van der Waals surface area contributed by atoms with Crippen LogP contribution in [0.2, 0.25) is 0 Å². The molecule has 7 saturated heterocycles. The summed E-state index contributed by atoms with van der Waals surface area (Å²) in [5, 5.41) is 184. The van der Waals surface area contributed by atoms with Gasteiger partial charge < -0.3 is 153 Å². The highest BCUT2D eigenvalue weighted by atomic mass is 16.8. The van der Waals surface area contributed by atoms with Gasteiger partial charge in [0.05, 0.1) is 58.0 Å². The fourth-order valence-electron chi connectivity index (χ4n) is 18.3. The van der Waals surface area contributed by atoms with Crippen molar-refractivity contribution in [1.29, 1.82) is 0 Å². The molecule has 11 rings (SSSR count). The van der Waals surface area contributed by atoms with E-state index < -0.39 is 217 Å². The SMILES string of the molecule is CO[C@]1(CC[C@@H](C)CO[C@@H]2O[C@H](CO)[C@@H](O)[C@H](O)[C@H]2O)O[C@H]2C[C@H]3[C@H]4CC[C@H]5C[C@@H](O[C@@H]6O[C@H](CO)[C@@H](O)[C@H](O[C@@H]7O[C@H](CO)[C@@H](O)[C@H](O[C@@H]8OC[C@@H](O)[C@H](O)[C@H]8O)[C@H]7O[C@@H]7OC[C@@H](O)[C@H](O)[C@H]7O)[C@H]6O[C@@H]6O[C@@H](C)[C@H](O)[C@@H](O)[C@H]6O)CC[C@]5(C)[C@H]4CC[C@]3(C)[C@H]2[C@@H]1C. The molecule has 7 aliphatic heterocycles. The summed E-state index contributed by atoms with van der Waals surface area (Å²) in [7, 11) is 1.70. The third-order valence-electron chi connectivity index (χ3n) is 23.8. The topological polar surface area (TPSA) is 473 Å². The molecule has 11 aliphatic rings. The monoisotopic (exact) mass is 1340 g/mol. The van der Waals surface area contributed by atoms with E-state index in [0.717, 1.165) is 38.5 Å². The Bertz CT molecular complexity index is 2410. The van der Waals surface area contributed by atoms with Crippen LogP contribution in [0.25, 0.3) is 0 Å². The molecule has 17 N–H and O–H groups in total. The van der Waals surface area contributed by atoms with E-state index in [9.17, 15) is 86.8 Å². The maximum absolute atomic E-state index is 12.3. The van der Waals surface area contributed by atoms with Gasteiger partial charge >= 0.3 is 0 Å². The number of ether oxygens (including phenoxy) is 14. The molecule has 0 amide bonds. The van der Waals surface area contributed by atoms with Crippen LogP contribution in [0.5, 0.6) is 0 Å². The van der Waals surface area contributed by atoms with E-state index in [1.54, 1.807) is 7.11 Å². The Labute approximate surface area is 539 Å². The van der Waals surface area contributed by atoms with Crippen molar-refractivity contribution in [3.63, 3.8) is 0 Å².